The quantitative estimate of drug-likeness (QED) is 0.789. The number of imidazole rings is 1. The van der Waals surface area contributed by atoms with Gasteiger partial charge in [-0.1, -0.05) is 12.1 Å². The number of halogens is 3. The average Bonchev–Trinajstić information content (AvgIpc) is 2.93. The standard InChI is InChI=1S/C12H9F3N4S/c13-12(14,15)6-19-9-4-2-1-3-7(9)17-10(19)8-5-20-11(16)18-8/h1-5H,6H2,(H2,16,18). The average molecular weight is 298 g/mol. The predicted molar refractivity (Wildman–Crippen MR) is 71.3 cm³/mol. The van der Waals surface area contributed by atoms with E-state index in [4.69, 9.17) is 5.73 Å². The first kappa shape index (κ1) is 12.9. The van der Waals surface area contributed by atoms with Crippen molar-refractivity contribution < 1.29 is 13.2 Å². The number of anilines is 1. The number of hydrogen-bond acceptors (Lipinski definition) is 4. The molecule has 0 radical (unpaired) electrons. The molecule has 0 amide bonds. The lowest BCUT2D eigenvalue weighted by molar-refractivity contribution is -0.139. The maximum Gasteiger partial charge on any atom is 0.406 e. The molecule has 3 rings (SSSR count). The van der Waals surface area contributed by atoms with E-state index in [1.165, 1.54) is 11.3 Å². The molecule has 8 heteroatoms. The van der Waals surface area contributed by atoms with Crippen molar-refractivity contribution in [1.29, 1.82) is 0 Å². The molecule has 0 atom stereocenters. The van der Waals surface area contributed by atoms with Crippen LogP contribution in [-0.2, 0) is 6.54 Å². The first-order valence-corrected chi connectivity index (χ1v) is 6.55. The molecule has 0 fully saturated rings. The Morgan fingerprint density at radius 1 is 1.20 bits per heavy atom. The van der Waals surface area contributed by atoms with Crippen molar-refractivity contribution in [3.05, 3.63) is 29.6 Å². The van der Waals surface area contributed by atoms with Crippen LogP contribution in [0.4, 0.5) is 18.3 Å². The van der Waals surface area contributed by atoms with Crippen molar-refractivity contribution >= 4 is 27.5 Å². The topological polar surface area (TPSA) is 56.7 Å². The molecule has 104 valence electrons. The number of aromatic nitrogens is 3. The van der Waals surface area contributed by atoms with Crippen LogP contribution in [0.5, 0.6) is 0 Å². The lowest BCUT2D eigenvalue weighted by Crippen LogP contribution is -2.18. The molecule has 3 aromatic rings. The van der Waals surface area contributed by atoms with E-state index in [9.17, 15) is 13.2 Å². The summed E-state index contributed by atoms with van der Waals surface area (Å²) in [5, 5.41) is 1.90. The van der Waals surface area contributed by atoms with E-state index in [1.54, 1.807) is 29.6 Å². The molecule has 2 heterocycles. The minimum atomic E-state index is -4.33. The number of rotatable bonds is 2. The van der Waals surface area contributed by atoms with Crippen molar-refractivity contribution in [3.8, 4) is 11.5 Å². The first-order chi connectivity index (χ1) is 9.44. The Hall–Kier alpha value is -2.09. The molecule has 0 bridgehead atoms. The molecule has 20 heavy (non-hydrogen) atoms. The molecule has 2 N–H and O–H groups in total. The van der Waals surface area contributed by atoms with Crippen LogP contribution in [0.2, 0.25) is 0 Å². The van der Waals surface area contributed by atoms with Crippen LogP contribution in [0.25, 0.3) is 22.6 Å². The minimum absolute atomic E-state index is 0.177. The normalized spacial score (nSPS) is 12.2. The van der Waals surface area contributed by atoms with E-state index in [2.05, 4.69) is 9.97 Å². The van der Waals surface area contributed by atoms with Gasteiger partial charge < -0.3 is 10.3 Å². The third-order valence-electron chi connectivity index (χ3n) is 2.74. The zero-order valence-corrected chi connectivity index (χ0v) is 10.9. The number of alkyl halides is 3. The van der Waals surface area contributed by atoms with E-state index >= 15 is 0 Å². The summed E-state index contributed by atoms with van der Waals surface area (Å²) in [5.74, 6) is 0.177. The fourth-order valence-electron chi connectivity index (χ4n) is 2.00. The van der Waals surface area contributed by atoms with Gasteiger partial charge in [-0.25, -0.2) is 9.97 Å². The molecular weight excluding hydrogens is 289 g/mol. The molecule has 0 spiro atoms. The number of nitrogens with two attached hydrogens (primary N) is 1. The van der Waals surface area contributed by atoms with Gasteiger partial charge in [0.05, 0.1) is 11.0 Å². The zero-order valence-electron chi connectivity index (χ0n) is 10.1. The molecule has 4 nitrogen and oxygen atoms in total. The van der Waals surface area contributed by atoms with E-state index in [0.29, 0.717) is 21.9 Å². The zero-order chi connectivity index (χ0) is 14.3. The molecule has 2 aromatic heterocycles. The lowest BCUT2D eigenvalue weighted by Gasteiger charge is -2.10. The van der Waals surface area contributed by atoms with Crippen LogP contribution in [0.3, 0.4) is 0 Å². The highest BCUT2D eigenvalue weighted by molar-refractivity contribution is 7.13. The van der Waals surface area contributed by atoms with Crippen LogP contribution in [0, 0.1) is 0 Å². The lowest BCUT2D eigenvalue weighted by atomic mass is 10.3. The van der Waals surface area contributed by atoms with Gasteiger partial charge in [-0.15, -0.1) is 11.3 Å². The summed E-state index contributed by atoms with van der Waals surface area (Å²) in [7, 11) is 0. The molecule has 0 aliphatic carbocycles. The predicted octanol–water partition coefficient (Wildman–Crippen LogP) is 3.30. The number of nitrogen functional groups attached to an aromatic ring is 1. The second-order valence-electron chi connectivity index (χ2n) is 4.20. The smallest absolute Gasteiger partial charge is 0.375 e. The van der Waals surface area contributed by atoms with Crippen LogP contribution in [0.1, 0.15) is 0 Å². The summed E-state index contributed by atoms with van der Waals surface area (Å²) < 4.78 is 39.4. The van der Waals surface area contributed by atoms with Gasteiger partial charge in [-0.05, 0) is 12.1 Å². The second kappa shape index (κ2) is 4.48. The van der Waals surface area contributed by atoms with Gasteiger partial charge in [-0.3, -0.25) is 0 Å². The summed E-state index contributed by atoms with van der Waals surface area (Å²) in [5.41, 5.74) is 6.81. The van der Waals surface area contributed by atoms with Crippen molar-refractivity contribution in [2.75, 3.05) is 5.73 Å². The maximum atomic E-state index is 12.8. The molecular formula is C12H9F3N4S. The Kier molecular flexibility index (Phi) is 2.89. The highest BCUT2D eigenvalue weighted by Crippen LogP contribution is 2.29. The Morgan fingerprint density at radius 2 is 1.95 bits per heavy atom. The Balaban J connectivity index is 2.22. The van der Waals surface area contributed by atoms with Gasteiger partial charge in [0.15, 0.2) is 11.0 Å². The second-order valence-corrected chi connectivity index (χ2v) is 5.09. The largest absolute Gasteiger partial charge is 0.406 e. The van der Waals surface area contributed by atoms with Crippen LogP contribution >= 0.6 is 11.3 Å². The van der Waals surface area contributed by atoms with Crippen LogP contribution < -0.4 is 5.73 Å². The summed E-state index contributed by atoms with van der Waals surface area (Å²) in [6.07, 6.45) is -4.33. The fourth-order valence-corrected chi connectivity index (χ4v) is 2.54. The van der Waals surface area contributed by atoms with Gasteiger partial charge in [0, 0.05) is 5.38 Å². The van der Waals surface area contributed by atoms with Crippen molar-refractivity contribution in [1.82, 2.24) is 14.5 Å². The third-order valence-corrected chi connectivity index (χ3v) is 3.42. The fraction of sp³-hybridized carbons (Fsp3) is 0.167. The van der Waals surface area contributed by atoms with Gasteiger partial charge in [-0.2, -0.15) is 13.2 Å². The maximum absolute atomic E-state index is 12.8. The van der Waals surface area contributed by atoms with Crippen molar-refractivity contribution in [2.45, 2.75) is 12.7 Å². The van der Waals surface area contributed by atoms with Crippen LogP contribution in [0.15, 0.2) is 29.6 Å². The number of thiazole rings is 1. The van der Waals surface area contributed by atoms with Gasteiger partial charge >= 0.3 is 6.18 Å². The highest BCUT2D eigenvalue weighted by Gasteiger charge is 2.30. The van der Waals surface area contributed by atoms with E-state index in [0.717, 1.165) is 4.57 Å². The SMILES string of the molecule is Nc1nc(-c2nc3ccccc3n2CC(F)(F)F)cs1. The monoisotopic (exact) mass is 298 g/mol. The number of hydrogen-bond donors (Lipinski definition) is 1. The summed E-state index contributed by atoms with van der Waals surface area (Å²) in [6, 6.07) is 6.68. The Morgan fingerprint density at radius 3 is 2.60 bits per heavy atom. The van der Waals surface area contributed by atoms with Crippen molar-refractivity contribution in [2.24, 2.45) is 0 Å². The molecule has 0 saturated carbocycles. The molecule has 0 saturated heterocycles. The van der Waals surface area contributed by atoms with E-state index in [-0.39, 0.29) is 5.82 Å². The molecule has 0 aliphatic heterocycles. The third kappa shape index (κ3) is 2.34. The molecule has 0 unspecified atom stereocenters. The van der Waals surface area contributed by atoms with Gasteiger partial charge in [0.25, 0.3) is 0 Å². The summed E-state index contributed by atoms with van der Waals surface area (Å²) in [4.78, 5) is 8.24. The Labute approximate surface area is 115 Å². The summed E-state index contributed by atoms with van der Waals surface area (Å²) >= 11 is 1.17. The first-order valence-electron chi connectivity index (χ1n) is 5.67. The summed E-state index contributed by atoms with van der Waals surface area (Å²) in [6.45, 7) is -1.11. The van der Waals surface area contributed by atoms with E-state index < -0.39 is 12.7 Å². The number of benzene rings is 1. The minimum Gasteiger partial charge on any atom is -0.375 e. The van der Waals surface area contributed by atoms with Gasteiger partial charge in [0.2, 0.25) is 0 Å². The van der Waals surface area contributed by atoms with Gasteiger partial charge in [0.1, 0.15) is 12.2 Å². The van der Waals surface area contributed by atoms with Crippen molar-refractivity contribution in [3.63, 3.8) is 0 Å². The highest BCUT2D eigenvalue weighted by atomic mass is 32.1. The van der Waals surface area contributed by atoms with E-state index in [1.807, 2.05) is 0 Å². The Bertz CT molecular complexity index is 759. The number of para-hydroxylation sites is 2. The van der Waals surface area contributed by atoms with Crippen LogP contribution in [-0.4, -0.2) is 20.7 Å². The number of nitrogens with zero attached hydrogens (tertiary/aromatic N) is 3. The number of fused-ring (bicyclic) bond motifs is 1. The molecule has 0 aliphatic rings. The molecule has 1 aromatic carbocycles.